The lowest BCUT2D eigenvalue weighted by atomic mass is 9.90. The molecule has 0 saturated carbocycles. The van der Waals surface area contributed by atoms with Crippen molar-refractivity contribution in [3.63, 3.8) is 0 Å². The molecule has 0 aromatic heterocycles. The first-order chi connectivity index (χ1) is 14.9. The first-order valence-electron chi connectivity index (χ1n) is 10.7. The maximum atomic E-state index is 13.4. The summed E-state index contributed by atoms with van der Waals surface area (Å²) in [6.07, 6.45) is 3.29. The molecule has 2 heterocycles. The van der Waals surface area contributed by atoms with E-state index in [0.29, 0.717) is 28.8 Å². The Bertz CT molecular complexity index is 989. The smallest absolute Gasteiger partial charge is 0.308 e. The zero-order chi connectivity index (χ0) is 22.0. The molecule has 1 unspecified atom stereocenters. The van der Waals surface area contributed by atoms with Crippen molar-refractivity contribution in [3.8, 4) is 5.75 Å². The molecule has 2 aliphatic rings. The highest BCUT2D eigenvalue weighted by atomic mass is 35.5. The molecule has 2 aliphatic heterocycles. The Labute approximate surface area is 192 Å². The van der Waals surface area contributed by atoms with Crippen LogP contribution in [-0.2, 0) is 22.4 Å². The van der Waals surface area contributed by atoms with Crippen LogP contribution < -0.4 is 4.74 Å². The summed E-state index contributed by atoms with van der Waals surface area (Å²) >= 11 is 12.2. The van der Waals surface area contributed by atoms with Gasteiger partial charge in [-0.2, -0.15) is 0 Å². The third kappa shape index (κ3) is 5.05. The van der Waals surface area contributed by atoms with Gasteiger partial charge in [-0.05, 0) is 61.7 Å². The van der Waals surface area contributed by atoms with E-state index in [0.717, 1.165) is 36.3 Å². The number of nitrogens with zero attached hydrogens (tertiary/aromatic N) is 2. The molecule has 164 valence electrons. The molecule has 0 spiro atoms. The molecule has 1 amide bonds. The summed E-state index contributed by atoms with van der Waals surface area (Å²) < 4.78 is 5.46. The van der Waals surface area contributed by atoms with Crippen LogP contribution in [0.5, 0.6) is 5.75 Å². The minimum Gasteiger partial charge on any atom is -0.426 e. The number of hydrogen-bond donors (Lipinski definition) is 0. The first kappa shape index (κ1) is 22.1. The molecule has 5 nitrogen and oxygen atoms in total. The van der Waals surface area contributed by atoms with Gasteiger partial charge in [-0.1, -0.05) is 41.4 Å². The molecule has 1 atom stereocenters. The minimum atomic E-state index is -0.331. The molecular weight excluding hydrogens is 435 g/mol. The SMILES string of the molecule is CC(=O)Oc1cccc2c1CCN(C(=O)Cc1ccc(Cl)c(Cl)c1)C2CN1CCCC1. The molecule has 1 fully saturated rings. The van der Waals surface area contributed by atoms with Crippen molar-refractivity contribution in [1.29, 1.82) is 0 Å². The van der Waals surface area contributed by atoms with E-state index in [1.54, 1.807) is 12.1 Å². The molecule has 0 bridgehead atoms. The molecule has 7 heteroatoms. The van der Waals surface area contributed by atoms with Crippen molar-refractivity contribution in [3.05, 3.63) is 63.1 Å². The van der Waals surface area contributed by atoms with E-state index in [-0.39, 0.29) is 24.3 Å². The number of esters is 1. The van der Waals surface area contributed by atoms with Crippen LogP contribution in [0.3, 0.4) is 0 Å². The van der Waals surface area contributed by atoms with Crippen molar-refractivity contribution < 1.29 is 14.3 Å². The van der Waals surface area contributed by atoms with Gasteiger partial charge in [0, 0.05) is 25.6 Å². The number of carbonyl (C=O) groups is 2. The van der Waals surface area contributed by atoms with Gasteiger partial charge in [-0.3, -0.25) is 9.59 Å². The Balaban J connectivity index is 1.62. The van der Waals surface area contributed by atoms with Crippen molar-refractivity contribution in [1.82, 2.24) is 9.80 Å². The molecule has 2 aromatic rings. The van der Waals surface area contributed by atoms with E-state index in [1.165, 1.54) is 19.8 Å². The summed E-state index contributed by atoms with van der Waals surface area (Å²) in [6.45, 7) is 4.87. The summed E-state index contributed by atoms with van der Waals surface area (Å²) in [7, 11) is 0. The van der Waals surface area contributed by atoms with Crippen molar-refractivity contribution in [2.45, 2.75) is 38.6 Å². The lowest BCUT2D eigenvalue weighted by molar-refractivity contribution is -0.134. The zero-order valence-electron chi connectivity index (χ0n) is 17.6. The molecule has 0 N–H and O–H groups in total. The third-order valence-electron chi connectivity index (χ3n) is 6.05. The maximum Gasteiger partial charge on any atom is 0.308 e. The molecule has 0 aliphatic carbocycles. The molecule has 31 heavy (non-hydrogen) atoms. The van der Waals surface area contributed by atoms with Crippen LogP contribution in [0.2, 0.25) is 10.0 Å². The number of carbonyl (C=O) groups excluding carboxylic acids is 2. The van der Waals surface area contributed by atoms with Gasteiger partial charge in [0.15, 0.2) is 0 Å². The fourth-order valence-electron chi connectivity index (χ4n) is 4.60. The van der Waals surface area contributed by atoms with Crippen LogP contribution in [-0.4, -0.2) is 47.9 Å². The highest BCUT2D eigenvalue weighted by Crippen LogP contribution is 2.37. The Morgan fingerprint density at radius 3 is 2.55 bits per heavy atom. The average Bonchev–Trinajstić information content (AvgIpc) is 3.24. The van der Waals surface area contributed by atoms with Crippen LogP contribution in [0.4, 0.5) is 0 Å². The quantitative estimate of drug-likeness (QED) is 0.479. The molecule has 0 radical (unpaired) electrons. The van der Waals surface area contributed by atoms with E-state index in [9.17, 15) is 9.59 Å². The average molecular weight is 461 g/mol. The van der Waals surface area contributed by atoms with Gasteiger partial charge in [-0.15, -0.1) is 0 Å². The number of ether oxygens (including phenoxy) is 1. The van der Waals surface area contributed by atoms with Gasteiger partial charge >= 0.3 is 5.97 Å². The summed E-state index contributed by atoms with van der Waals surface area (Å²) in [5.74, 6) is 0.335. The summed E-state index contributed by atoms with van der Waals surface area (Å²) in [5.41, 5.74) is 2.94. The zero-order valence-corrected chi connectivity index (χ0v) is 19.1. The summed E-state index contributed by atoms with van der Waals surface area (Å²) in [5, 5.41) is 0.935. The standard InChI is InChI=1S/C24H26Cl2N2O3/c1-16(29)31-23-6-4-5-18-19(23)9-12-28(22(18)15-27-10-2-3-11-27)24(30)14-17-7-8-20(25)21(26)13-17/h4-8,13,22H,2-3,9-12,14-15H2,1H3. The Hall–Kier alpha value is -2.08. The third-order valence-corrected chi connectivity index (χ3v) is 6.79. The van der Waals surface area contributed by atoms with Crippen LogP contribution in [0, 0.1) is 0 Å². The number of rotatable bonds is 5. The van der Waals surface area contributed by atoms with E-state index < -0.39 is 0 Å². The van der Waals surface area contributed by atoms with E-state index >= 15 is 0 Å². The second-order valence-electron chi connectivity index (χ2n) is 8.20. The van der Waals surface area contributed by atoms with Gasteiger partial charge in [0.1, 0.15) is 5.75 Å². The fraction of sp³-hybridized carbons (Fsp3) is 0.417. The largest absolute Gasteiger partial charge is 0.426 e. The number of likely N-dealkylation sites (tertiary alicyclic amines) is 1. The highest BCUT2D eigenvalue weighted by Gasteiger charge is 2.34. The van der Waals surface area contributed by atoms with E-state index in [4.69, 9.17) is 27.9 Å². The maximum absolute atomic E-state index is 13.4. The molecule has 2 aromatic carbocycles. The van der Waals surface area contributed by atoms with Gasteiger partial charge in [0.2, 0.25) is 5.91 Å². The minimum absolute atomic E-state index is 0.0612. The summed E-state index contributed by atoms with van der Waals surface area (Å²) in [6, 6.07) is 11.0. The number of amides is 1. The normalized spacial score (nSPS) is 18.7. The van der Waals surface area contributed by atoms with Gasteiger partial charge in [0.25, 0.3) is 0 Å². The Morgan fingerprint density at radius 2 is 1.84 bits per heavy atom. The summed E-state index contributed by atoms with van der Waals surface area (Å²) in [4.78, 5) is 29.3. The van der Waals surface area contributed by atoms with E-state index in [1.807, 2.05) is 23.1 Å². The lowest BCUT2D eigenvalue weighted by Gasteiger charge is -2.40. The van der Waals surface area contributed by atoms with Gasteiger partial charge in [-0.25, -0.2) is 0 Å². The monoisotopic (exact) mass is 460 g/mol. The predicted molar refractivity (Wildman–Crippen MR) is 122 cm³/mol. The van der Waals surface area contributed by atoms with Crippen LogP contribution in [0.15, 0.2) is 36.4 Å². The molecule has 4 rings (SSSR count). The van der Waals surface area contributed by atoms with E-state index in [2.05, 4.69) is 11.0 Å². The van der Waals surface area contributed by atoms with Gasteiger partial charge in [0.05, 0.1) is 22.5 Å². The number of halogens is 2. The first-order valence-corrected chi connectivity index (χ1v) is 11.4. The topological polar surface area (TPSA) is 49.9 Å². The van der Waals surface area contributed by atoms with Crippen LogP contribution >= 0.6 is 23.2 Å². The number of benzene rings is 2. The van der Waals surface area contributed by atoms with Crippen LogP contribution in [0.1, 0.15) is 42.5 Å². The van der Waals surface area contributed by atoms with Crippen molar-refractivity contribution in [2.24, 2.45) is 0 Å². The number of fused-ring (bicyclic) bond motifs is 1. The lowest BCUT2D eigenvalue weighted by Crippen LogP contribution is -2.45. The highest BCUT2D eigenvalue weighted by molar-refractivity contribution is 6.42. The van der Waals surface area contributed by atoms with Crippen molar-refractivity contribution >= 4 is 35.1 Å². The second-order valence-corrected chi connectivity index (χ2v) is 9.02. The van der Waals surface area contributed by atoms with Gasteiger partial charge < -0.3 is 14.5 Å². The predicted octanol–water partition coefficient (Wildman–Crippen LogP) is 4.68. The Morgan fingerprint density at radius 1 is 1.06 bits per heavy atom. The second kappa shape index (κ2) is 9.60. The fourth-order valence-corrected chi connectivity index (χ4v) is 4.92. The Kier molecular flexibility index (Phi) is 6.85. The number of hydrogen-bond acceptors (Lipinski definition) is 4. The van der Waals surface area contributed by atoms with Crippen molar-refractivity contribution in [2.75, 3.05) is 26.2 Å². The molecular formula is C24H26Cl2N2O3. The molecule has 1 saturated heterocycles. The van der Waals surface area contributed by atoms with Crippen LogP contribution in [0.25, 0.3) is 0 Å².